The van der Waals surface area contributed by atoms with E-state index < -0.39 is 0 Å². The molecule has 0 saturated heterocycles. The molecule has 3 heteroatoms. The first kappa shape index (κ1) is 21.2. The average molecular weight is 274 g/mol. The Morgan fingerprint density at radius 3 is 2.00 bits per heavy atom. The van der Waals surface area contributed by atoms with Crippen LogP contribution in [0.2, 0.25) is 0 Å². The summed E-state index contributed by atoms with van der Waals surface area (Å²) >= 11 is 0. The van der Waals surface area contributed by atoms with Crippen LogP contribution in [0.3, 0.4) is 0 Å². The summed E-state index contributed by atoms with van der Waals surface area (Å²) in [5.74, 6) is 0.737. The minimum absolute atomic E-state index is 0.639. The van der Waals surface area contributed by atoms with Gasteiger partial charge in [-0.15, -0.1) is 0 Å². The second-order valence-corrected chi connectivity index (χ2v) is 5.02. The van der Waals surface area contributed by atoms with E-state index in [1.165, 1.54) is 13.0 Å². The molecule has 0 spiro atoms. The van der Waals surface area contributed by atoms with Gasteiger partial charge in [0, 0.05) is 19.7 Å². The highest BCUT2D eigenvalue weighted by molar-refractivity contribution is 4.73. The summed E-state index contributed by atoms with van der Waals surface area (Å²) in [6.45, 7) is 18.5. The molecule has 0 aliphatic carbocycles. The second-order valence-electron chi connectivity index (χ2n) is 5.02. The Bertz CT molecular complexity index is 176. The van der Waals surface area contributed by atoms with Crippen LogP contribution in [-0.2, 0) is 4.74 Å². The zero-order valence-corrected chi connectivity index (χ0v) is 14.7. The Morgan fingerprint density at radius 1 is 1.00 bits per heavy atom. The van der Waals surface area contributed by atoms with Gasteiger partial charge in [-0.3, -0.25) is 4.90 Å². The SMILES string of the molecule is CC.CCN(C)CCC(C)C(C)N(CC)CCOC. The van der Waals surface area contributed by atoms with Crippen molar-refractivity contribution in [1.82, 2.24) is 9.80 Å². The maximum atomic E-state index is 5.17. The van der Waals surface area contributed by atoms with Crippen LogP contribution >= 0.6 is 0 Å². The van der Waals surface area contributed by atoms with Gasteiger partial charge in [0.15, 0.2) is 0 Å². The van der Waals surface area contributed by atoms with Crippen LogP contribution in [0, 0.1) is 5.92 Å². The molecule has 2 atom stereocenters. The smallest absolute Gasteiger partial charge is 0.0589 e. The molecule has 0 aromatic carbocycles. The average Bonchev–Trinajstić information content (AvgIpc) is 2.46. The second kappa shape index (κ2) is 14.3. The van der Waals surface area contributed by atoms with E-state index in [0.29, 0.717) is 6.04 Å². The van der Waals surface area contributed by atoms with E-state index >= 15 is 0 Å². The van der Waals surface area contributed by atoms with Gasteiger partial charge in [-0.25, -0.2) is 0 Å². The number of likely N-dealkylation sites (N-methyl/N-ethyl adjacent to an activating group) is 1. The molecule has 19 heavy (non-hydrogen) atoms. The quantitative estimate of drug-likeness (QED) is 0.607. The number of nitrogens with zero attached hydrogens (tertiary/aromatic N) is 2. The van der Waals surface area contributed by atoms with Gasteiger partial charge in [-0.1, -0.05) is 34.6 Å². The number of rotatable bonds is 10. The lowest BCUT2D eigenvalue weighted by Crippen LogP contribution is -2.40. The Balaban J connectivity index is 0. The van der Waals surface area contributed by atoms with Gasteiger partial charge >= 0.3 is 0 Å². The van der Waals surface area contributed by atoms with E-state index in [4.69, 9.17) is 4.74 Å². The van der Waals surface area contributed by atoms with E-state index in [1.807, 2.05) is 13.8 Å². The molecule has 0 N–H and O–H groups in total. The molecule has 0 aromatic heterocycles. The highest BCUT2D eigenvalue weighted by Crippen LogP contribution is 2.14. The molecule has 0 fully saturated rings. The number of hydrogen-bond donors (Lipinski definition) is 0. The summed E-state index contributed by atoms with van der Waals surface area (Å²) in [6.07, 6.45) is 1.27. The zero-order chi connectivity index (χ0) is 15.3. The van der Waals surface area contributed by atoms with Crippen LogP contribution in [-0.4, -0.2) is 62.8 Å². The summed E-state index contributed by atoms with van der Waals surface area (Å²) in [5, 5.41) is 0. The minimum Gasteiger partial charge on any atom is -0.383 e. The van der Waals surface area contributed by atoms with Crippen molar-refractivity contribution in [3.8, 4) is 0 Å². The van der Waals surface area contributed by atoms with Gasteiger partial charge in [0.05, 0.1) is 6.61 Å². The first-order valence-electron chi connectivity index (χ1n) is 7.98. The van der Waals surface area contributed by atoms with Crippen LogP contribution in [0.15, 0.2) is 0 Å². The molecule has 3 nitrogen and oxygen atoms in total. The van der Waals surface area contributed by atoms with Crippen LogP contribution in [0.5, 0.6) is 0 Å². The summed E-state index contributed by atoms with van der Waals surface area (Å²) in [7, 11) is 3.97. The summed E-state index contributed by atoms with van der Waals surface area (Å²) < 4.78 is 5.17. The van der Waals surface area contributed by atoms with Gasteiger partial charge in [0.2, 0.25) is 0 Å². The van der Waals surface area contributed by atoms with Gasteiger partial charge in [0.1, 0.15) is 0 Å². The third kappa shape index (κ3) is 10.3. The van der Waals surface area contributed by atoms with Crippen molar-refractivity contribution >= 4 is 0 Å². The lowest BCUT2D eigenvalue weighted by atomic mass is 9.98. The molecule has 0 bridgehead atoms. The van der Waals surface area contributed by atoms with Crippen molar-refractivity contribution in [1.29, 1.82) is 0 Å². The molecule has 0 aliphatic rings. The van der Waals surface area contributed by atoms with Crippen LogP contribution in [0.25, 0.3) is 0 Å². The normalized spacial score (nSPS) is 14.2. The van der Waals surface area contributed by atoms with Gasteiger partial charge in [0.25, 0.3) is 0 Å². The number of ether oxygens (including phenoxy) is 1. The van der Waals surface area contributed by atoms with Crippen molar-refractivity contribution < 1.29 is 4.74 Å². The lowest BCUT2D eigenvalue weighted by molar-refractivity contribution is 0.104. The predicted octanol–water partition coefficient (Wildman–Crippen LogP) is 3.35. The Kier molecular flexibility index (Phi) is 15.9. The lowest BCUT2D eigenvalue weighted by Gasteiger charge is -2.32. The van der Waals surface area contributed by atoms with Crippen molar-refractivity contribution in [2.75, 3.05) is 46.9 Å². The fourth-order valence-corrected chi connectivity index (χ4v) is 2.04. The molecule has 0 amide bonds. The van der Waals surface area contributed by atoms with E-state index in [-0.39, 0.29) is 0 Å². The van der Waals surface area contributed by atoms with Crippen LogP contribution in [0.1, 0.15) is 48.0 Å². The monoisotopic (exact) mass is 274 g/mol. The van der Waals surface area contributed by atoms with E-state index in [0.717, 1.165) is 32.2 Å². The van der Waals surface area contributed by atoms with Crippen LogP contribution in [0.4, 0.5) is 0 Å². The molecule has 0 saturated carbocycles. The first-order valence-corrected chi connectivity index (χ1v) is 7.98. The van der Waals surface area contributed by atoms with Gasteiger partial charge in [-0.05, 0) is 45.9 Å². The van der Waals surface area contributed by atoms with E-state index in [2.05, 4.69) is 44.5 Å². The minimum atomic E-state index is 0.639. The van der Waals surface area contributed by atoms with Gasteiger partial charge < -0.3 is 9.64 Å². The molecular formula is C16H38N2O. The molecule has 0 aromatic rings. The molecule has 2 unspecified atom stereocenters. The van der Waals surface area contributed by atoms with Crippen molar-refractivity contribution in [3.63, 3.8) is 0 Å². The molecule has 118 valence electrons. The summed E-state index contributed by atoms with van der Waals surface area (Å²) in [4.78, 5) is 4.90. The van der Waals surface area contributed by atoms with E-state index in [1.54, 1.807) is 7.11 Å². The molecule has 0 rings (SSSR count). The number of methoxy groups -OCH3 is 1. The highest BCUT2D eigenvalue weighted by Gasteiger charge is 2.18. The third-order valence-corrected chi connectivity index (χ3v) is 3.89. The first-order chi connectivity index (χ1) is 9.06. The third-order valence-electron chi connectivity index (χ3n) is 3.89. The molecule has 0 heterocycles. The maximum absolute atomic E-state index is 5.17. The standard InChI is InChI=1S/C14H32N2O.C2H6/c1-7-15(5)10-9-13(3)14(4)16(8-2)11-12-17-6;1-2/h13-14H,7-12H2,1-6H3;1-2H3. The van der Waals surface area contributed by atoms with Crippen molar-refractivity contribution in [2.24, 2.45) is 5.92 Å². The topological polar surface area (TPSA) is 15.7 Å². The fraction of sp³-hybridized carbons (Fsp3) is 1.00. The number of hydrogen-bond acceptors (Lipinski definition) is 3. The van der Waals surface area contributed by atoms with Crippen molar-refractivity contribution in [2.45, 2.75) is 54.0 Å². The van der Waals surface area contributed by atoms with Crippen molar-refractivity contribution in [3.05, 3.63) is 0 Å². The maximum Gasteiger partial charge on any atom is 0.0589 e. The Morgan fingerprint density at radius 2 is 1.58 bits per heavy atom. The molecule has 0 radical (unpaired) electrons. The van der Waals surface area contributed by atoms with E-state index in [9.17, 15) is 0 Å². The molecule has 0 aliphatic heterocycles. The molecular weight excluding hydrogens is 236 g/mol. The highest BCUT2D eigenvalue weighted by atomic mass is 16.5. The van der Waals surface area contributed by atoms with Gasteiger partial charge in [-0.2, -0.15) is 0 Å². The van der Waals surface area contributed by atoms with Crippen LogP contribution < -0.4 is 0 Å². The summed E-state index contributed by atoms with van der Waals surface area (Å²) in [6, 6.07) is 0.639. The Hall–Kier alpha value is -0.120. The fourth-order valence-electron chi connectivity index (χ4n) is 2.04. The Labute approximate surface area is 122 Å². The summed E-state index contributed by atoms with van der Waals surface area (Å²) in [5.41, 5.74) is 0. The largest absolute Gasteiger partial charge is 0.383 e. The zero-order valence-electron chi connectivity index (χ0n) is 14.7. The predicted molar refractivity (Wildman–Crippen MR) is 86.9 cm³/mol.